The van der Waals surface area contributed by atoms with Crippen LogP contribution in [0.4, 0.5) is 0 Å². The van der Waals surface area contributed by atoms with Gasteiger partial charge in [0.05, 0.1) is 23.9 Å². The molecule has 2 heterocycles. The Bertz CT molecular complexity index is 399. The first-order valence-corrected chi connectivity index (χ1v) is 4.96. The van der Waals surface area contributed by atoms with E-state index in [0.29, 0.717) is 13.2 Å². The molecular formula is C8H8Cl2N2O2. The molecule has 0 aromatic carbocycles. The summed E-state index contributed by atoms with van der Waals surface area (Å²) in [5.41, 5.74) is -0.352. The van der Waals surface area contributed by atoms with Crippen LogP contribution in [0.15, 0.2) is 11.0 Å². The average Bonchev–Trinajstić information content (AvgIpc) is 2.67. The fraction of sp³-hybridized carbons (Fsp3) is 0.500. The molecule has 6 heteroatoms. The molecule has 14 heavy (non-hydrogen) atoms. The summed E-state index contributed by atoms with van der Waals surface area (Å²) in [6.45, 7) is 1.16. The summed E-state index contributed by atoms with van der Waals surface area (Å²) in [6.07, 6.45) is 2.16. The second-order valence-corrected chi connectivity index (χ2v) is 3.86. The number of ether oxygens (including phenoxy) is 1. The zero-order valence-corrected chi connectivity index (χ0v) is 8.75. The van der Waals surface area contributed by atoms with Crippen molar-refractivity contribution in [2.75, 3.05) is 13.2 Å². The van der Waals surface area contributed by atoms with Gasteiger partial charge in [-0.1, -0.05) is 23.2 Å². The van der Waals surface area contributed by atoms with Crippen LogP contribution in [0.25, 0.3) is 0 Å². The van der Waals surface area contributed by atoms with Gasteiger partial charge in [-0.15, -0.1) is 0 Å². The summed E-state index contributed by atoms with van der Waals surface area (Å²) < 4.78 is 6.50. The van der Waals surface area contributed by atoms with E-state index in [1.165, 1.54) is 10.9 Å². The second kappa shape index (κ2) is 3.88. The molecule has 0 spiro atoms. The topological polar surface area (TPSA) is 44.1 Å². The lowest BCUT2D eigenvalue weighted by atomic mass is 10.3. The van der Waals surface area contributed by atoms with E-state index in [1.807, 2.05) is 0 Å². The molecule has 76 valence electrons. The highest BCUT2D eigenvalue weighted by Gasteiger charge is 2.21. The highest BCUT2D eigenvalue weighted by molar-refractivity contribution is 6.41. The summed E-state index contributed by atoms with van der Waals surface area (Å²) in [5.74, 6) is 0. The van der Waals surface area contributed by atoms with Crippen molar-refractivity contribution >= 4 is 23.2 Å². The van der Waals surface area contributed by atoms with Gasteiger partial charge >= 0.3 is 0 Å². The predicted molar refractivity (Wildman–Crippen MR) is 53.0 cm³/mol. The maximum atomic E-state index is 11.6. The molecule has 1 fully saturated rings. The van der Waals surface area contributed by atoms with E-state index in [2.05, 4.69) is 5.10 Å². The van der Waals surface area contributed by atoms with Crippen molar-refractivity contribution in [3.63, 3.8) is 0 Å². The first-order chi connectivity index (χ1) is 6.70. The van der Waals surface area contributed by atoms with Gasteiger partial charge in [0.15, 0.2) is 0 Å². The third-order valence-corrected chi connectivity index (χ3v) is 2.90. The van der Waals surface area contributed by atoms with Gasteiger partial charge in [-0.25, -0.2) is 4.68 Å². The van der Waals surface area contributed by atoms with Gasteiger partial charge in [0.1, 0.15) is 5.02 Å². The summed E-state index contributed by atoms with van der Waals surface area (Å²) in [5, 5.41) is 4.14. The van der Waals surface area contributed by atoms with Crippen LogP contribution in [0.2, 0.25) is 10.0 Å². The molecule has 2 rings (SSSR count). The van der Waals surface area contributed by atoms with Crippen molar-refractivity contribution in [3.8, 4) is 0 Å². The van der Waals surface area contributed by atoms with Crippen LogP contribution in [-0.4, -0.2) is 23.0 Å². The van der Waals surface area contributed by atoms with Crippen molar-refractivity contribution in [3.05, 3.63) is 26.6 Å². The monoisotopic (exact) mass is 234 g/mol. The van der Waals surface area contributed by atoms with E-state index >= 15 is 0 Å². The smallest absolute Gasteiger partial charge is 0.287 e. The minimum absolute atomic E-state index is 0.0164. The van der Waals surface area contributed by atoms with Crippen molar-refractivity contribution < 1.29 is 4.74 Å². The Morgan fingerprint density at radius 3 is 3.00 bits per heavy atom. The van der Waals surface area contributed by atoms with Crippen LogP contribution in [0, 0.1) is 0 Å². The Morgan fingerprint density at radius 1 is 1.57 bits per heavy atom. The molecule has 0 radical (unpaired) electrons. The minimum atomic E-state index is -0.352. The molecule has 1 aromatic rings. The maximum Gasteiger partial charge on any atom is 0.287 e. The molecule has 0 amide bonds. The first-order valence-electron chi connectivity index (χ1n) is 4.20. The maximum absolute atomic E-state index is 11.6. The predicted octanol–water partition coefficient (Wildman–Crippen LogP) is 1.51. The summed E-state index contributed by atoms with van der Waals surface area (Å²) in [6, 6.07) is -0.0164. The van der Waals surface area contributed by atoms with Crippen LogP contribution in [0.3, 0.4) is 0 Å². The van der Waals surface area contributed by atoms with Gasteiger partial charge < -0.3 is 4.74 Å². The molecule has 1 atom stereocenters. The fourth-order valence-corrected chi connectivity index (χ4v) is 1.66. The minimum Gasteiger partial charge on any atom is -0.379 e. The first kappa shape index (κ1) is 9.96. The van der Waals surface area contributed by atoms with E-state index < -0.39 is 0 Å². The molecule has 0 aliphatic carbocycles. The van der Waals surface area contributed by atoms with E-state index in [-0.39, 0.29) is 21.6 Å². The summed E-state index contributed by atoms with van der Waals surface area (Å²) in [4.78, 5) is 11.6. The Balaban J connectivity index is 2.44. The molecule has 1 unspecified atom stereocenters. The Hall–Kier alpha value is -0.580. The molecule has 1 saturated heterocycles. The number of halogens is 2. The third-order valence-electron chi connectivity index (χ3n) is 2.15. The quantitative estimate of drug-likeness (QED) is 0.741. The van der Waals surface area contributed by atoms with Crippen molar-refractivity contribution in [1.82, 2.24) is 9.78 Å². The molecule has 1 aliphatic rings. The van der Waals surface area contributed by atoms with Crippen molar-refractivity contribution in [2.45, 2.75) is 12.5 Å². The van der Waals surface area contributed by atoms with E-state index in [9.17, 15) is 4.79 Å². The molecule has 0 bridgehead atoms. The van der Waals surface area contributed by atoms with Gasteiger partial charge in [-0.3, -0.25) is 4.79 Å². The number of nitrogens with zero attached hydrogens (tertiary/aromatic N) is 2. The van der Waals surface area contributed by atoms with Crippen molar-refractivity contribution in [1.29, 1.82) is 0 Å². The van der Waals surface area contributed by atoms with E-state index in [0.717, 1.165) is 6.42 Å². The fourth-order valence-electron chi connectivity index (χ4n) is 1.40. The lowest BCUT2D eigenvalue weighted by Gasteiger charge is -2.10. The van der Waals surface area contributed by atoms with E-state index in [4.69, 9.17) is 27.9 Å². The normalized spacial score (nSPS) is 21.4. The molecule has 1 aromatic heterocycles. The number of rotatable bonds is 1. The summed E-state index contributed by atoms with van der Waals surface area (Å²) in [7, 11) is 0. The number of hydrogen-bond donors (Lipinski definition) is 0. The zero-order chi connectivity index (χ0) is 10.1. The largest absolute Gasteiger partial charge is 0.379 e. The Labute approximate surface area is 90.4 Å². The van der Waals surface area contributed by atoms with Gasteiger partial charge in [0.25, 0.3) is 5.56 Å². The van der Waals surface area contributed by atoms with Gasteiger partial charge in [-0.05, 0) is 6.42 Å². The van der Waals surface area contributed by atoms with Gasteiger partial charge in [-0.2, -0.15) is 5.10 Å². The van der Waals surface area contributed by atoms with Crippen molar-refractivity contribution in [2.24, 2.45) is 0 Å². The van der Waals surface area contributed by atoms with Gasteiger partial charge in [0, 0.05) is 6.61 Å². The number of aromatic nitrogens is 2. The Morgan fingerprint density at radius 2 is 2.36 bits per heavy atom. The average molecular weight is 235 g/mol. The standard InChI is InChI=1S/C8H8Cl2N2O2/c9-6-3-11-12(8(13)7(6)10)5-1-2-14-4-5/h3,5H,1-2,4H2. The second-order valence-electron chi connectivity index (χ2n) is 3.07. The summed E-state index contributed by atoms with van der Waals surface area (Å²) >= 11 is 11.4. The van der Waals surface area contributed by atoms with Crippen LogP contribution in [0.1, 0.15) is 12.5 Å². The molecule has 1 aliphatic heterocycles. The van der Waals surface area contributed by atoms with Gasteiger partial charge in [0.2, 0.25) is 0 Å². The molecule has 0 N–H and O–H groups in total. The van der Waals surface area contributed by atoms with E-state index in [1.54, 1.807) is 0 Å². The highest BCUT2D eigenvalue weighted by atomic mass is 35.5. The van der Waals surface area contributed by atoms with Crippen LogP contribution in [-0.2, 0) is 4.74 Å². The Kier molecular flexibility index (Phi) is 2.76. The lowest BCUT2D eigenvalue weighted by molar-refractivity contribution is 0.183. The lowest BCUT2D eigenvalue weighted by Crippen LogP contribution is -2.27. The van der Waals surface area contributed by atoms with Crippen LogP contribution >= 0.6 is 23.2 Å². The SMILES string of the molecule is O=c1c(Cl)c(Cl)cnn1C1CCOC1. The van der Waals surface area contributed by atoms with Crippen LogP contribution < -0.4 is 5.56 Å². The van der Waals surface area contributed by atoms with Crippen LogP contribution in [0.5, 0.6) is 0 Å². The molecule has 4 nitrogen and oxygen atoms in total. The third kappa shape index (κ3) is 1.65. The zero-order valence-electron chi connectivity index (χ0n) is 7.24. The molecule has 0 saturated carbocycles. The number of hydrogen-bond acceptors (Lipinski definition) is 3. The molecular weight excluding hydrogens is 227 g/mol. The highest BCUT2D eigenvalue weighted by Crippen LogP contribution is 2.19.